The zero-order chi connectivity index (χ0) is 38.1. The summed E-state index contributed by atoms with van der Waals surface area (Å²) in [5, 5.41) is 7.74. The van der Waals surface area contributed by atoms with Crippen molar-refractivity contribution >= 4 is 12.1 Å². The molecule has 13 heteroatoms. The Balaban J connectivity index is 1.35. The Morgan fingerprint density at radius 1 is 0.759 bits per heavy atom. The van der Waals surface area contributed by atoms with Crippen molar-refractivity contribution in [1.29, 1.82) is 0 Å². The highest BCUT2D eigenvalue weighted by molar-refractivity contribution is 5.88. The molecule has 1 N–H and O–H groups in total. The number of nitrogens with one attached hydrogen (secondary N) is 1. The van der Waals surface area contributed by atoms with Crippen LogP contribution < -0.4 is 14.2 Å². The van der Waals surface area contributed by atoms with E-state index in [1.165, 1.54) is 17.0 Å². The van der Waals surface area contributed by atoms with E-state index in [2.05, 4.69) is 9.84 Å². The molecule has 1 aliphatic carbocycles. The highest BCUT2D eigenvalue weighted by Gasteiger charge is 2.50. The number of rotatable bonds is 13. The molecule has 0 radical (unpaired) electrons. The molecule has 0 bridgehead atoms. The minimum absolute atomic E-state index is 0.0205. The molecule has 4 aromatic carbocycles. The highest BCUT2D eigenvalue weighted by Crippen LogP contribution is 2.39. The summed E-state index contributed by atoms with van der Waals surface area (Å²) >= 11 is 0. The first-order valence-electron chi connectivity index (χ1n) is 17.9. The maximum atomic E-state index is 14.3. The van der Waals surface area contributed by atoms with Crippen LogP contribution in [0.25, 0.3) is 0 Å². The van der Waals surface area contributed by atoms with Crippen LogP contribution in [0.5, 0.6) is 11.6 Å². The number of alkyl halides is 3. The van der Waals surface area contributed by atoms with Crippen molar-refractivity contribution in [3.05, 3.63) is 143 Å². The summed E-state index contributed by atoms with van der Waals surface area (Å²) in [6.45, 7) is 3.86. The lowest BCUT2D eigenvalue weighted by molar-refractivity contribution is -0.789. The van der Waals surface area contributed by atoms with Crippen LogP contribution in [-0.2, 0) is 15.0 Å². The maximum Gasteiger partial charge on any atom is 0.573 e. The Hall–Kier alpha value is -5.85. The molecular weight excluding hydrogens is 701 g/mol. The smallest absolute Gasteiger partial charge is 0.454 e. The van der Waals surface area contributed by atoms with Crippen molar-refractivity contribution in [1.82, 2.24) is 15.2 Å². The minimum atomic E-state index is -4.76. The zero-order valence-electron chi connectivity index (χ0n) is 30.0. The second-order valence-corrected chi connectivity index (χ2v) is 12.9. The van der Waals surface area contributed by atoms with Crippen LogP contribution in [-0.4, -0.2) is 59.6 Å². The summed E-state index contributed by atoms with van der Waals surface area (Å²) in [6, 6.07) is 35.0. The van der Waals surface area contributed by atoms with Crippen LogP contribution in [0.4, 0.5) is 18.0 Å². The van der Waals surface area contributed by atoms with Crippen LogP contribution in [0.3, 0.4) is 0 Å². The first kappa shape index (κ1) is 37.9. The van der Waals surface area contributed by atoms with E-state index in [1.54, 1.807) is 16.8 Å². The van der Waals surface area contributed by atoms with Gasteiger partial charge in [-0.3, -0.25) is 0 Å². The van der Waals surface area contributed by atoms with Crippen molar-refractivity contribution in [2.75, 3.05) is 19.9 Å². The molecule has 0 atom stereocenters. The summed E-state index contributed by atoms with van der Waals surface area (Å²) in [5.74, 6) is -0.911. The third kappa shape index (κ3) is 8.35. The number of carbonyl (C=O) groups is 2. The van der Waals surface area contributed by atoms with Gasteiger partial charge in [0.05, 0.1) is 5.21 Å². The Morgan fingerprint density at radius 2 is 1.28 bits per heavy atom. The fourth-order valence-electron chi connectivity index (χ4n) is 7.10. The predicted molar refractivity (Wildman–Crippen MR) is 192 cm³/mol. The monoisotopic (exact) mass is 743 g/mol. The first-order valence-corrected chi connectivity index (χ1v) is 17.9. The Bertz CT molecular complexity index is 1870. The summed E-state index contributed by atoms with van der Waals surface area (Å²) in [4.78, 5) is 28.4. The summed E-state index contributed by atoms with van der Waals surface area (Å²) in [6.07, 6.45) is -3.11. The third-order valence-electron chi connectivity index (χ3n) is 9.70. The van der Waals surface area contributed by atoms with Crippen LogP contribution in [0.1, 0.15) is 78.2 Å². The van der Waals surface area contributed by atoms with Crippen LogP contribution in [0.2, 0.25) is 0 Å². The summed E-state index contributed by atoms with van der Waals surface area (Å²) in [7, 11) is 0. The number of H-pyrrole nitrogens is 1. The molecule has 1 saturated carbocycles. The number of halogens is 3. The molecule has 1 aromatic heterocycles. The molecule has 1 heterocycles. The van der Waals surface area contributed by atoms with E-state index in [0.29, 0.717) is 38.8 Å². The number of nitrogens with zero attached hydrogens (tertiary/aromatic N) is 3. The lowest BCUT2D eigenvalue weighted by atomic mass is 9.77. The highest BCUT2D eigenvalue weighted by atomic mass is 19.4. The first-order chi connectivity index (χ1) is 26.1. The van der Waals surface area contributed by atoms with Gasteiger partial charge in [-0.1, -0.05) is 108 Å². The molecule has 5 aromatic rings. The predicted octanol–water partition coefficient (Wildman–Crippen LogP) is 8.13. The largest absolute Gasteiger partial charge is 0.573 e. The number of amides is 1. The quantitative estimate of drug-likeness (QED) is 0.0562. The van der Waals surface area contributed by atoms with Crippen LogP contribution in [0, 0.1) is 0 Å². The Morgan fingerprint density at radius 3 is 1.76 bits per heavy atom. The fraction of sp³-hybridized carbons (Fsp3) is 0.317. The summed E-state index contributed by atoms with van der Waals surface area (Å²) < 4.78 is 61.1. The van der Waals surface area contributed by atoms with Gasteiger partial charge in [0.1, 0.15) is 11.9 Å². The van der Waals surface area contributed by atoms with Crippen molar-refractivity contribution in [3.63, 3.8) is 0 Å². The van der Waals surface area contributed by atoms with E-state index in [4.69, 9.17) is 19.4 Å². The minimum Gasteiger partial charge on any atom is -0.454 e. The van der Waals surface area contributed by atoms with E-state index in [1.807, 2.05) is 105 Å². The van der Waals surface area contributed by atoms with E-state index in [9.17, 15) is 22.8 Å². The van der Waals surface area contributed by atoms with Gasteiger partial charge in [-0.25, -0.2) is 9.59 Å². The van der Waals surface area contributed by atoms with Gasteiger partial charge in [-0.05, 0) is 63.1 Å². The lowest BCUT2D eigenvalue weighted by Crippen LogP contribution is -2.62. The molecule has 10 nitrogen and oxygen atoms in total. The Kier molecular flexibility index (Phi) is 11.8. The van der Waals surface area contributed by atoms with Crippen molar-refractivity contribution in [2.24, 2.45) is 0 Å². The van der Waals surface area contributed by atoms with Crippen LogP contribution in [0.15, 0.2) is 115 Å². The number of carbonyl (C=O) groups excluding carboxylic acids is 2. The average Bonchev–Trinajstić information content (AvgIpc) is 3.60. The van der Waals surface area contributed by atoms with Gasteiger partial charge in [0.15, 0.2) is 0 Å². The second kappa shape index (κ2) is 16.9. The van der Waals surface area contributed by atoms with Gasteiger partial charge in [0, 0.05) is 29.8 Å². The number of aromatic nitrogens is 3. The number of hydrogen-bond donors (Lipinski definition) is 1. The molecular formula is C41H42F3N4O6+. The average molecular weight is 744 g/mol. The summed E-state index contributed by atoms with van der Waals surface area (Å²) in [5.41, 5.74) is 2.10. The standard InChI is InChI=1S/C41H41F3N4O6/c1-3-47(4-2)39(50)52-28-51-38(49)36-37(53-34-24-20-29(21-25-34)30-22-26-35(27-23-30)54-41(42,43)44)45-46-48(36)40(31-14-8-5-9-15-31,32-16-10-6-11-17-32)33-18-12-7-13-19-33/h5-19,22-23,26-27,29,34H,3-4,20-21,24-25,28H2,1-2H3/p+1. The van der Waals surface area contributed by atoms with E-state index in [-0.39, 0.29) is 29.3 Å². The van der Waals surface area contributed by atoms with Crippen molar-refractivity contribution in [3.8, 4) is 11.6 Å². The van der Waals surface area contributed by atoms with E-state index in [0.717, 1.165) is 22.3 Å². The number of hydrogen-bond acceptors (Lipinski definition) is 7. The molecule has 1 aliphatic rings. The molecule has 54 heavy (non-hydrogen) atoms. The van der Waals surface area contributed by atoms with Crippen LogP contribution >= 0.6 is 0 Å². The zero-order valence-corrected chi connectivity index (χ0v) is 30.0. The molecule has 0 saturated heterocycles. The van der Waals surface area contributed by atoms with Gasteiger partial charge >= 0.3 is 30.0 Å². The molecule has 0 spiro atoms. The molecule has 6 rings (SSSR count). The number of benzene rings is 4. The van der Waals surface area contributed by atoms with Gasteiger partial charge < -0.3 is 23.8 Å². The SMILES string of the molecule is CCN(CC)C(=O)OCOC(=O)c1c(OC2CCC(c3ccc(OC(F)(F)F)cc3)CC2)[nH]n[n+]1C(c1ccccc1)(c1ccccc1)c1ccccc1. The van der Waals surface area contributed by atoms with Gasteiger partial charge in [-0.2, -0.15) is 0 Å². The van der Waals surface area contributed by atoms with Gasteiger partial charge in [0.2, 0.25) is 12.3 Å². The van der Waals surface area contributed by atoms with Gasteiger partial charge in [-0.15, -0.1) is 18.3 Å². The second-order valence-electron chi connectivity index (χ2n) is 12.9. The number of ether oxygens (including phenoxy) is 4. The molecule has 0 aliphatic heterocycles. The molecule has 282 valence electrons. The van der Waals surface area contributed by atoms with Gasteiger partial charge in [0.25, 0.3) is 0 Å². The third-order valence-corrected chi connectivity index (χ3v) is 9.70. The normalized spacial score (nSPS) is 15.9. The maximum absolute atomic E-state index is 14.3. The number of esters is 1. The van der Waals surface area contributed by atoms with Crippen molar-refractivity contribution in [2.45, 2.75) is 63.5 Å². The fourth-order valence-corrected chi connectivity index (χ4v) is 7.10. The molecule has 0 unspecified atom stereocenters. The lowest BCUT2D eigenvalue weighted by Gasteiger charge is -2.31. The van der Waals surface area contributed by atoms with E-state index < -0.39 is 30.8 Å². The Labute approximate surface area is 311 Å². The molecule has 1 fully saturated rings. The molecule has 1 amide bonds. The van der Waals surface area contributed by atoms with Crippen molar-refractivity contribution < 1.29 is 46.4 Å². The number of aromatic amines is 1. The van der Waals surface area contributed by atoms with E-state index >= 15 is 0 Å². The topological polar surface area (TPSA) is 107 Å².